The largest absolute Gasteiger partial charge is 0.383 e. The first kappa shape index (κ1) is 11.8. The zero-order valence-electron chi connectivity index (χ0n) is 10.6. The van der Waals surface area contributed by atoms with Crippen molar-refractivity contribution in [3.63, 3.8) is 0 Å². The number of methoxy groups -OCH3 is 1. The maximum absolute atomic E-state index is 5.07. The highest BCUT2D eigenvalue weighted by molar-refractivity contribution is 5.61. The van der Waals surface area contributed by atoms with Gasteiger partial charge in [-0.05, 0) is 13.8 Å². The third-order valence-corrected chi connectivity index (χ3v) is 2.88. The lowest BCUT2D eigenvalue weighted by Gasteiger charge is -2.06. The molecule has 2 rings (SSSR count). The van der Waals surface area contributed by atoms with Crippen LogP contribution < -0.4 is 0 Å². The van der Waals surface area contributed by atoms with Gasteiger partial charge in [0.05, 0.1) is 17.9 Å². The highest BCUT2D eigenvalue weighted by Gasteiger charge is 2.16. The number of hydrogen-bond acceptors (Lipinski definition) is 4. The van der Waals surface area contributed by atoms with Gasteiger partial charge in [0.2, 0.25) is 0 Å². The molecule has 0 atom stereocenters. The molecule has 0 saturated heterocycles. The Morgan fingerprint density at radius 3 is 2.71 bits per heavy atom. The Balaban J connectivity index is 2.42. The van der Waals surface area contributed by atoms with Crippen LogP contribution in [0.5, 0.6) is 0 Å². The van der Waals surface area contributed by atoms with Crippen molar-refractivity contribution in [1.82, 2.24) is 24.5 Å². The van der Waals surface area contributed by atoms with Crippen molar-refractivity contribution in [2.45, 2.75) is 20.4 Å². The molecule has 2 aromatic rings. The van der Waals surface area contributed by atoms with Gasteiger partial charge in [-0.25, -0.2) is 0 Å². The van der Waals surface area contributed by atoms with Crippen LogP contribution in [0.2, 0.25) is 0 Å². The number of nitrogens with zero attached hydrogens (tertiary/aromatic N) is 5. The number of hydrogen-bond donors (Lipinski definition) is 0. The Bertz CT molecular complexity index is 514. The Kier molecular flexibility index (Phi) is 3.23. The summed E-state index contributed by atoms with van der Waals surface area (Å²) in [5.41, 5.74) is 3.12. The molecule has 17 heavy (non-hydrogen) atoms. The maximum atomic E-state index is 5.07. The van der Waals surface area contributed by atoms with E-state index in [0.717, 1.165) is 29.3 Å². The Morgan fingerprint density at radius 2 is 2.12 bits per heavy atom. The molecule has 0 aliphatic carbocycles. The molecule has 0 N–H and O–H groups in total. The van der Waals surface area contributed by atoms with E-state index in [1.165, 1.54) is 0 Å². The average molecular weight is 235 g/mol. The lowest BCUT2D eigenvalue weighted by atomic mass is 10.2. The fraction of sp³-hybridized carbons (Fsp3) is 0.545. The van der Waals surface area contributed by atoms with Gasteiger partial charge >= 0.3 is 0 Å². The summed E-state index contributed by atoms with van der Waals surface area (Å²) in [6, 6.07) is 0. The molecule has 0 unspecified atom stereocenters. The average Bonchev–Trinajstić information content (AvgIpc) is 2.82. The standard InChI is InChI=1S/C11H17N5O/c1-8-10(9(2)15(3)14-8)11-13-12-7-16(11)5-6-17-4/h7H,5-6H2,1-4H3. The summed E-state index contributed by atoms with van der Waals surface area (Å²) < 4.78 is 8.92. The van der Waals surface area contributed by atoms with Crippen LogP contribution in [-0.2, 0) is 18.3 Å². The lowest BCUT2D eigenvalue weighted by molar-refractivity contribution is 0.187. The molecule has 0 spiro atoms. The van der Waals surface area contributed by atoms with Gasteiger partial charge in [-0.3, -0.25) is 4.68 Å². The molecule has 0 aliphatic heterocycles. The zero-order chi connectivity index (χ0) is 12.4. The molecule has 6 nitrogen and oxygen atoms in total. The van der Waals surface area contributed by atoms with E-state index in [0.29, 0.717) is 6.61 Å². The van der Waals surface area contributed by atoms with Crippen LogP contribution in [-0.4, -0.2) is 38.3 Å². The van der Waals surface area contributed by atoms with Crippen molar-refractivity contribution >= 4 is 0 Å². The number of aryl methyl sites for hydroxylation is 2. The van der Waals surface area contributed by atoms with Gasteiger partial charge in [0.25, 0.3) is 0 Å². The molecule has 0 amide bonds. The summed E-state index contributed by atoms with van der Waals surface area (Å²) in [5.74, 6) is 0.852. The highest BCUT2D eigenvalue weighted by atomic mass is 16.5. The van der Waals surface area contributed by atoms with Gasteiger partial charge in [0.15, 0.2) is 5.82 Å². The van der Waals surface area contributed by atoms with Crippen LogP contribution in [0.15, 0.2) is 6.33 Å². The molecule has 0 aromatic carbocycles. The summed E-state index contributed by atoms with van der Waals surface area (Å²) in [7, 11) is 3.62. The molecule has 0 radical (unpaired) electrons. The predicted molar refractivity (Wildman–Crippen MR) is 63.6 cm³/mol. The van der Waals surface area contributed by atoms with Gasteiger partial charge < -0.3 is 9.30 Å². The lowest BCUT2D eigenvalue weighted by Crippen LogP contribution is -2.05. The van der Waals surface area contributed by atoms with Crippen molar-refractivity contribution in [3.8, 4) is 11.4 Å². The molecule has 0 saturated carbocycles. The van der Waals surface area contributed by atoms with E-state index >= 15 is 0 Å². The van der Waals surface area contributed by atoms with Gasteiger partial charge in [-0.15, -0.1) is 10.2 Å². The van der Waals surface area contributed by atoms with Gasteiger partial charge in [0.1, 0.15) is 6.33 Å². The Morgan fingerprint density at radius 1 is 1.35 bits per heavy atom. The molecule has 2 heterocycles. The Hall–Kier alpha value is -1.69. The molecule has 0 aliphatic rings. The third-order valence-electron chi connectivity index (χ3n) is 2.88. The SMILES string of the molecule is COCCn1cnnc1-c1c(C)nn(C)c1C. The van der Waals surface area contributed by atoms with Crippen LogP contribution in [0.25, 0.3) is 11.4 Å². The summed E-state index contributed by atoms with van der Waals surface area (Å²) >= 11 is 0. The van der Waals surface area contributed by atoms with Crippen molar-refractivity contribution in [1.29, 1.82) is 0 Å². The fourth-order valence-corrected chi connectivity index (χ4v) is 1.90. The van der Waals surface area contributed by atoms with Gasteiger partial charge in [-0.2, -0.15) is 5.10 Å². The fourth-order valence-electron chi connectivity index (χ4n) is 1.90. The summed E-state index contributed by atoms with van der Waals surface area (Å²) in [5, 5.41) is 12.5. The first-order valence-corrected chi connectivity index (χ1v) is 5.52. The Labute approximate surface area is 100 Å². The quantitative estimate of drug-likeness (QED) is 0.791. The summed E-state index contributed by atoms with van der Waals surface area (Å²) in [4.78, 5) is 0. The monoisotopic (exact) mass is 235 g/mol. The van der Waals surface area contributed by atoms with Crippen LogP contribution in [0.3, 0.4) is 0 Å². The van der Waals surface area contributed by atoms with Crippen molar-refractivity contribution < 1.29 is 4.74 Å². The zero-order valence-corrected chi connectivity index (χ0v) is 10.6. The van der Waals surface area contributed by atoms with E-state index in [-0.39, 0.29) is 0 Å². The third kappa shape index (κ3) is 2.08. The minimum Gasteiger partial charge on any atom is -0.383 e. The smallest absolute Gasteiger partial charge is 0.167 e. The molecule has 0 fully saturated rings. The van der Waals surface area contributed by atoms with Crippen molar-refractivity contribution in [2.24, 2.45) is 7.05 Å². The van der Waals surface area contributed by atoms with Crippen LogP contribution >= 0.6 is 0 Å². The number of aromatic nitrogens is 5. The minimum atomic E-state index is 0.642. The van der Waals surface area contributed by atoms with Gasteiger partial charge in [-0.1, -0.05) is 0 Å². The second-order valence-corrected chi connectivity index (χ2v) is 4.01. The van der Waals surface area contributed by atoms with Crippen LogP contribution in [0.4, 0.5) is 0 Å². The minimum absolute atomic E-state index is 0.642. The first-order chi connectivity index (χ1) is 8.15. The van der Waals surface area contributed by atoms with E-state index in [2.05, 4.69) is 15.3 Å². The highest BCUT2D eigenvalue weighted by Crippen LogP contribution is 2.24. The molecular weight excluding hydrogens is 218 g/mol. The van der Waals surface area contributed by atoms with E-state index in [1.54, 1.807) is 13.4 Å². The predicted octanol–water partition coefficient (Wildman–Crippen LogP) is 0.942. The van der Waals surface area contributed by atoms with Gasteiger partial charge in [0, 0.05) is 26.4 Å². The number of ether oxygens (including phenoxy) is 1. The molecular formula is C11H17N5O. The molecule has 92 valence electrons. The molecule has 0 bridgehead atoms. The summed E-state index contributed by atoms with van der Waals surface area (Å²) in [6.45, 7) is 5.40. The summed E-state index contributed by atoms with van der Waals surface area (Å²) in [6.07, 6.45) is 1.72. The molecule has 6 heteroatoms. The molecule has 2 aromatic heterocycles. The van der Waals surface area contributed by atoms with Crippen molar-refractivity contribution in [2.75, 3.05) is 13.7 Å². The second-order valence-electron chi connectivity index (χ2n) is 4.01. The maximum Gasteiger partial charge on any atom is 0.167 e. The van der Waals surface area contributed by atoms with Crippen molar-refractivity contribution in [3.05, 3.63) is 17.7 Å². The normalized spacial score (nSPS) is 11.1. The van der Waals surface area contributed by atoms with E-state index in [9.17, 15) is 0 Å². The topological polar surface area (TPSA) is 57.8 Å². The van der Waals surface area contributed by atoms with Crippen LogP contribution in [0, 0.1) is 13.8 Å². The van der Waals surface area contributed by atoms with E-state index in [1.807, 2.05) is 30.1 Å². The van der Waals surface area contributed by atoms with E-state index < -0.39 is 0 Å². The van der Waals surface area contributed by atoms with Crippen LogP contribution in [0.1, 0.15) is 11.4 Å². The first-order valence-electron chi connectivity index (χ1n) is 5.52. The second kappa shape index (κ2) is 4.67. The van der Waals surface area contributed by atoms with E-state index in [4.69, 9.17) is 4.74 Å². The number of rotatable bonds is 4.